The van der Waals surface area contributed by atoms with Crippen LogP contribution in [0, 0.1) is 49.4 Å². The number of anilines is 1. The Labute approximate surface area is 258 Å². The van der Waals surface area contributed by atoms with E-state index >= 15 is 0 Å². The summed E-state index contributed by atoms with van der Waals surface area (Å²) in [4.78, 5) is 2.13. The first-order valence-corrected chi connectivity index (χ1v) is 12.1. The van der Waals surface area contributed by atoms with Crippen LogP contribution in [0.25, 0.3) is 21.5 Å². The summed E-state index contributed by atoms with van der Waals surface area (Å²) >= 11 is 0. The van der Waals surface area contributed by atoms with Crippen molar-refractivity contribution in [2.24, 2.45) is 0 Å². The molecule has 0 aliphatic carbocycles. The Morgan fingerprint density at radius 3 is 1.92 bits per heavy atom. The number of allylic oxidation sites excluding steroid dienone is 3. The minimum Gasteiger partial charge on any atom is -0.466 e. The van der Waals surface area contributed by atoms with Crippen LogP contribution in [0.5, 0.6) is 0 Å². The van der Waals surface area contributed by atoms with E-state index in [9.17, 15) is 0 Å². The molecular formula is C33H33N2UV+. The third kappa shape index (κ3) is 7.99. The molecule has 0 saturated heterocycles. The van der Waals surface area contributed by atoms with Gasteiger partial charge >= 0.3 is 49.7 Å². The molecule has 0 unspecified atom stereocenters. The van der Waals surface area contributed by atoms with E-state index in [0.717, 1.165) is 22.1 Å². The number of hydrogen-bond acceptors (Lipinski definition) is 1. The number of benzene rings is 4. The van der Waals surface area contributed by atoms with Crippen molar-refractivity contribution in [1.82, 2.24) is 0 Å². The standard InChI is InChI=1S/C33H33N2.U.V/c1-32(2,3)34(30-20-18-26-14-8-10-16-28(26)24-30)22-12-7-13-23-35(33(4,5)6)31-21-19-27-15-9-11-17-29(27)25-31;;/h7-21H,1-6H3;;/q-3;2*+2/b12-7+;;. The summed E-state index contributed by atoms with van der Waals surface area (Å²) in [6.07, 6.45) is 12.7. The second-order valence-electron chi connectivity index (χ2n) is 10.7. The minimum absolute atomic E-state index is 0. The second-order valence-corrected chi connectivity index (χ2v) is 10.7. The third-order valence-electron chi connectivity index (χ3n) is 5.71. The van der Waals surface area contributed by atoms with Crippen molar-refractivity contribution in [1.29, 1.82) is 0 Å². The molecule has 2 nitrogen and oxygen atoms in total. The van der Waals surface area contributed by atoms with E-state index < -0.39 is 0 Å². The number of rotatable bonds is 5. The molecule has 4 aromatic rings. The van der Waals surface area contributed by atoms with Gasteiger partial charge in [0.25, 0.3) is 0 Å². The molecule has 0 aliphatic rings. The fraction of sp³-hybridized carbons (Fsp3) is 0.242. The minimum atomic E-state index is -0.145. The first-order valence-electron chi connectivity index (χ1n) is 12.1. The molecule has 0 fully saturated rings. The molecule has 0 bridgehead atoms. The molecule has 0 N–H and O–H groups in total. The normalized spacial score (nSPS) is 12.6. The van der Waals surface area contributed by atoms with Gasteiger partial charge in [-0.25, -0.2) is 0 Å². The first-order chi connectivity index (χ1) is 16.6. The topological polar surface area (TPSA) is 6.25 Å². The Morgan fingerprint density at radius 1 is 0.757 bits per heavy atom. The molecule has 4 aromatic carbocycles. The van der Waals surface area contributed by atoms with Crippen LogP contribution in [-0.4, -0.2) is 21.9 Å². The average molecular weight is 747 g/mol. The molecule has 37 heavy (non-hydrogen) atoms. The quantitative estimate of drug-likeness (QED) is 0.0658. The molecule has 1 radical (unpaired) electrons. The molecular weight excluding hydrogens is 713 g/mol. The number of nitrogens with zero attached hydrogens (tertiary/aromatic N) is 2. The van der Waals surface area contributed by atoms with Gasteiger partial charge in [-0.2, -0.15) is 35.1 Å². The van der Waals surface area contributed by atoms with Crippen molar-refractivity contribution in [3.8, 4) is 0 Å². The maximum atomic E-state index is 3.54. The van der Waals surface area contributed by atoms with Gasteiger partial charge in [-0.1, -0.05) is 24.3 Å². The van der Waals surface area contributed by atoms with Crippen LogP contribution in [0.2, 0.25) is 0 Å². The zero-order valence-electron chi connectivity index (χ0n) is 22.5. The molecule has 0 spiro atoms. The smallest absolute Gasteiger partial charge is 0.466 e. The van der Waals surface area contributed by atoms with Crippen LogP contribution in [0.4, 0.5) is 11.4 Å². The zero-order valence-corrected chi connectivity index (χ0v) is 28.1. The van der Waals surface area contributed by atoms with Gasteiger partial charge in [0.2, 0.25) is 0 Å². The van der Waals surface area contributed by atoms with Crippen molar-refractivity contribution in [3.63, 3.8) is 0 Å². The largest absolute Gasteiger partial charge is 2.00 e. The maximum Gasteiger partial charge on any atom is 2.00 e. The average Bonchev–Trinajstić information content (AvgIpc) is 2.81. The van der Waals surface area contributed by atoms with Crippen LogP contribution in [0.3, 0.4) is 0 Å². The Bertz CT molecular complexity index is 1420. The van der Waals surface area contributed by atoms with Gasteiger partial charge in [0.15, 0.2) is 0 Å². The molecule has 0 aliphatic heterocycles. The van der Waals surface area contributed by atoms with Gasteiger partial charge in [0.05, 0.1) is 0 Å². The van der Waals surface area contributed by atoms with Crippen LogP contribution < -0.4 is 4.90 Å². The second kappa shape index (κ2) is 13.2. The Hall–Kier alpha value is -2.01. The van der Waals surface area contributed by atoms with Crippen LogP contribution in [0.1, 0.15) is 41.5 Å². The summed E-state index contributed by atoms with van der Waals surface area (Å²) < 4.78 is 2.13. The zero-order chi connectivity index (χ0) is 25.1. The predicted octanol–water partition coefficient (Wildman–Crippen LogP) is 8.16. The monoisotopic (exact) mass is 746 g/mol. The molecule has 4 heteroatoms. The van der Waals surface area contributed by atoms with Crippen molar-refractivity contribution >= 4 is 39.1 Å². The summed E-state index contributed by atoms with van der Waals surface area (Å²) in [5.41, 5.74) is 1.70. The molecule has 0 saturated carbocycles. The van der Waals surface area contributed by atoms with Gasteiger partial charge < -0.3 is 9.48 Å². The van der Waals surface area contributed by atoms with Gasteiger partial charge in [0.1, 0.15) is 11.8 Å². The van der Waals surface area contributed by atoms with E-state index in [4.69, 9.17) is 0 Å². The molecule has 183 valence electrons. The van der Waals surface area contributed by atoms with Crippen molar-refractivity contribution in [2.45, 2.75) is 52.6 Å². The van der Waals surface area contributed by atoms with Gasteiger partial charge in [-0.3, -0.25) is 0 Å². The first kappa shape index (κ1) is 31.2. The molecule has 4 rings (SSSR count). The Balaban J connectivity index is 0.00000241. The van der Waals surface area contributed by atoms with Gasteiger partial charge in [0, 0.05) is 11.2 Å². The summed E-state index contributed by atoms with van der Waals surface area (Å²) in [7, 11) is 0. The molecule has 0 aromatic heterocycles. The molecule has 0 atom stereocenters. The summed E-state index contributed by atoms with van der Waals surface area (Å²) in [6, 6.07) is 32.2. The van der Waals surface area contributed by atoms with E-state index in [0.29, 0.717) is 0 Å². The van der Waals surface area contributed by atoms with E-state index in [-0.39, 0.29) is 60.7 Å². The van der Waals surface area contributed by atoms with E-state index in [1.54, 1.807) is 0 Å². The number of fused-ring (bicyclic) bond motifs is 2. The van der Waals surface area contributed by atoms with Crippen molar-refractivity contribution in [2.75, 3.05) is 4.90 Å². The van der Waals surface area contributed by atoms with E-state index in [1.807, 2.05) is 30.4 Å². The van der Waals surface area contributed by atoms with Gasteiger partial charge in [-0.15, -0.1) is 77.3 Å². The van der Waals surface area contributed by atoms with Crippen LogP contribution >= 0.6 is 0 Å². The van der Waals surface area contributed by atoms with Crippen molar-refractivity contribution in [3.05, 3.63) is 109 Å². The fourth-order valence-corrected chi connectivity index (χ4v) is 4.00. The Morgan fingerprint density at radius 2 is 1.32 bits per heavy atom. The number of hydrogen-bond donors (Lipinski definition) is 0. The maximum absolute atomic E-state index is 3.54. The van der Waals surface area contributed by atoms with Gasteiger partial charge in [-0.05, 0) is 41.5 Å². The molecule has 0 heterocycles. The Kier molecular flexibility index (Phi) is 11.1. The fourth-order valence-electron chi connectivity index (χ4n) is 4.00. The SMILES string of the molecule is CC(C)(C)N([C-]=C/C=C/[C-]=[N+](c1[c-]c2ccccc2cc1)C(C)(C)C)c1[c-]c2ccccc2cc1.[U+2].[V+2]. The molecule has 0 amide bonds. The van der Waals surface area contributed by atoms with Crippen molar-refractivity contribution < 1.29 is 54.2 Å². The third-order valence-corrected chi connectivity index (χ3v) is 5.71. The van der Waals surface area contributed by atoms with Crippen LogP contribution in [0.15, 0.2) is 91.0 Å². The van der Waals surface area contributed by atoms with E-state index in [2.05, 4.69) is 136 Å². The summed E-state index contributed by atoms with van der Waals surface area (Å²) in [5.74, 6) is 0. The van der Waals surface area contributed by atoms with Crippen LogP contribution in [-0.2, 0) is 18.6 Å². The summed E-state index contributed by atoms with van der Waals surface area (Å²) in [5, 5.41) is 4.58. The predicted molar refractivity (Wildman–Crippen MR) is 149 cm³/mol. The van der Waals surface area contributed by atoms with E-state index in [1.165, 1.54) is 10.8 Å². The summed E-state index contributed by atoms with van der Waals surface area (Å²) in [6.45, 7) is 13.1.